The van der Waals surface area contributed by atoms with E-state index in [-0.39, 0.29) is 11.6 Å². The van der Waals surface area contributed by atoms with Crippen LogP contribution in [0.5, 0.6) is 11.6 Å². The van der Waals surface area contributed by atoms with Gasteiger partial charge in [0.25, 0.3) is 0 Å². The molecule has 166 valence electrons. The second-order valence-corrected chi connectivity index (χ2v) is 7.87. The zero-order chi connectivity index (χ0) is 22.0. The van der Waals surface area contributed by atoms with Crippen molar-refractivity contribution < 1.29 is 23.0 Å². The molecule has 1 aliphatic heterocycles. The average molecular weight is 433 g/mol. The number of alkyl halides is 3. The summed E-state index contributed by atoms with van der Waals surface area (Å²) in [5.74, 6) is -0.119. The maximum atomic E-state index is 12.3. The van der Waals surface area contributed by atoms with Gasteiger partial charge in [-0.2, -0.15) is 0 Å². The molecule has 3 aromatic rings. The van der Waals surface area contributed by atoms with Crippen molar-refractivity contribution in [3.63, 3.8) is 0 Å². The third-order valence-corrected chi connectivity index (χ3v) is 5.63. The molecular formula is C23H26F3N3O2. The van der Waals surface area contributed by atoms with Crippen LogP contribution in [0.1, 0.15) is 18.9 Å². The molecule has 1 N–H and O–H groups in total. The summed E-state index contributed by atoms with van der Waals surface area (Å²) < 4.78 is 42.6. The SMILES string of the molecule is CCCN1CCN(c2ccc3c(O)n(Cc4ccc(OC(F)(F)F)cc4)cc3c2)CC1. The first-order valence-corrected chi connectivity index (χ1v) is 10.5. The minimum absolute atomic E-state index is 0.143. The second kappa shape index (κ2) is 8.70. The number of hydrogen-bond donors (Lipinski definition) is 1. The van der Waals surface area contributed by atoms with Crippen LogP contribution < -0.4 is 9.64 Å². The van der Waals surface area contributed by atoms with Crippen molar-refractivity contribution in [2.45, 2.75) is 26.3 Å². The number of fused-ring (bicyclic) bond motifs is 1. The van der Waals surface area contributed by atoms with Gasteiger partial charge in [0, 0.05) is 48.8 Å². The molecule has 8 heteroatoms. The van der Waals surface area contributed by atoms with Crippen LogP contribution in [0, 0.1) is 0 Å². The third-order valence-electron chi connectivity index (χ3n) is 5.63. The Hall–Kier alpha value is -2.87. The van der Waals surface area contributed by atoms with Gasteiger partial charge in [-0.3, -0.25) is 4.90 Å². The molecule has 2 aromatic carbocycles. The topological polar surface area (TPSA) is 40.9 Å². The van der Waals surface area contributed by atoms with E-state index in [4.69, 9.17) is 0 Å². The monoisotopic (exact) mass is 433 g/mol. The van der Waals surface area contributed by atoms with Gasteiger partial charge in [0.2, 0.25) is 0 Å². The molecule has 0 amide bonds. The number of nitrogens with zero attached hydrogens (tertiary/aromatic N) is 3. The highest BCUT2D eigenvalue weighted by atomic mass is 19.4. The Kier molecular flexibility index (Phi) is 6.00. The van der Waals surface area contributed by atoms with Crippen molar-refractivity contribution >= 4 is 16.5 Å². The quantitative estimate of drug-likeness (QED) is 0.605. The highest BCUT2D eigenvalue weighted by Crippen LogP contribution is 2.32. The lowest BCUT2D eigenvalue weighted by atomic mass is 10.1. The molecule has 1 aromatic heterocycles. The van der Waals surface area contributed by atoms with Crippen molar-refractivity contribution in [1.29, 1.82) is 0 Å². The Morgan fingerprint density at radius 1 is 1.00 bits per heavy atom. The molecule has 1 aliphatic rings. The standard InChI is InChI=1S/C23H26F3N3O2/c1-2-9-27-10-12-28(13-11-27)19-5-8-21-18(14-19)16-29(22(21)30)15-17-3-6-20(7-4-17)31-23(24,25)26/h3-8,14,16,30H,2,9-13,15H2,1H3. The van der Waals surface area contributed by atoms with Crippen molar-refractivity contribution in [1.82, 2.24) is 9.47 Å². The predicted octanol–water partition coefficient (Wildman–Crippen LogP) is 4.83. The van der Waals surface area contributed by atoms with Crippen LogP contribution in [-0.2, 0) is 6.54 Å². The maximum Gasteiger partial charge on any atom is 0.573 e. The summed E-state index contributed by atoms with van der Waals surface area (Å²) >= 11 is 0. The maximum absolute atomic E-state index is 12.3. The van der Waals surface area contributed by atoms with Gasteiger partial charge in [0.05, 0.1) is 6.54 Å². The number of benzene rings is 2. The molecule has 1 saturated heterocycles. The van der Waals surface area contributed by atoms with Gasteiger partial charge in [-0.15, -0.1) is 13.2 Å². The number of hydrogen-bond acceptors (Lipinski definition) is 4. The summed E-state index contributed by atoms with van der Waals surface area (Å²) in [4.78, 5) is 4.84. The lowest BCUT2D eigenvalue weighted by Crippen LogP contribution is -2.46. The molecule has 0 spiro atoms. The van der Waals surface area contributed by atoms with E-state index in [0.717, 1.165) is 61.2 Å². The molecule has 4 rings (SSSR count). The van der Waals surface area contributed by atoms with Gasteiger partial charge < -0.3 is 19.3 Å². The van der Waals surface area contributed by atoms with Crippen LogP contribution in [0.2, 0.25) is 0 Å². The van der Waals surface area contributed by atoms with Crippen molar-refractivity contribution in [2.75, 3.05) is 37.6 Å². The van der Waals surface area contributed by atoms with Crippen LogP contribution in [0.25, 0.3) is 10.8 Å². The molecule has 0 saturated carbocycles. The summed E-state index contributed by atoms with van der Waals surface area (Å²) in [6.07, 6.45) is -1.67. The van der Waals surface area contributed by atoms with E-state index in [1.165, 1.54) is 12.1 Å². The van der Waals surface area contributed by atoms with Crippen molar-refractivity contribution in [3.8, 4) is 11.6 Å². The van der Waals surface area contributed by atoms with E-state index in [2.05, 4.69) is 27.5 Å². The summed E-state index contributed by atoms with van der Waals surface area (Å²) in [5.41, 5.74) is 1.90. The highest BCUT2D eigenvalue weighted by Gasteiger charge is 2.31. The van der Waals surface area contributed by atoms with Gasteiger partial charge in [-0.25, -0.2) is 0 Å². The number of rotatable bonds is 6. The fraction of sp³-hybridized carbons (Fsp3) is 0.391. The Bertz CT molecular complexity index is 1020. The van der Waals surface area contributed by atoms with Gasteiger partial charge in [-0.1, -0.05) is 19.1 Å². The van der Waals surface area contributed by atoms with Crippen LogP contribution in [0.3, 0.4) is 0 Å². The summed E-state index contributed by atoms with van der Waals surface area (Å²) in [6.45, 7) is 7.72. The van der Waals surface area contributed by atoms with Crippen LogP contribution in [-0.4, -0.2) is 53.7 Å². The zero-order valence-corrected chi connectivity index (χ0v) is 17.4. The summed E-state index contributed by atoms with van der Waals surface area (Å²) in [6, 6.07) is 11.7. The van der Waals surface area contributed by atoms with E-state index in [0.29, 0.717) is 6.54 Å². The lowest BCUT2D eigenvalue weighted by Gasteiger charge is -2.36. The van der Waals surface area contributed by atoms with E-state index < -0.39 is 6.36 Å². The summed E-state index contributed by atoms with van der Waals surface area (Å²) in [5, 5.41) is 12.3. The minimum Gasteiger partial charge on any atom is -0.494 e. The largest absolute Gasteiger partial charge is 0.573 e. The van der Waals surface area contributed by atoms with E-state index >= 15 is 0 Å². The van der Waals surface area contributed by atoms with Crippen molar-refractivity contribution in [2.24, 2.45) is 0 Å². The Labute approximate surface area is 179 Å². The first-order valence-electron chi connectivity index (χ1n) is 10.5. The Balaban J connectivity index is 1.48. The predicted molar refractivity (Wildman–Crippen MR) is 115 cm³/mol. The summed E-state index contributed by atoms with van der Waals surface area (Å²) in [7, 11) is 0. The number of anilines is 1. The third kappa shape index (κ3) is 5.07. The molecule has 0 bridgehead atoms. The number of halogens is 3. The normalized spacial score (nSPS) is 15.5. The van der Waals surface area contributed by atoms with Crippen molar-refractivity contribution in [3.05, 3.63) is 54.2 Å². The molecule has 1 fully saturated rings. The molecule has 2 heterocycles. The molecule has 0 aliphatic carbocycles. The van der Waals surface area contributed by atoms with E-state index in [1.54, 1.807) is 16.7 Å². The molecule has 0 unspecified atom stereocenters. The number of aromatic hydroxyl groups is 1. The van der Waals surface area contributed by atoms with Crippen LogP contribution >= 0.6 is 0 Å². The number of aromatic nitrogens is 1. The molecule has 0 radical (unpaired) electrons. The fourth-order valence-corrected chi connectivity index (χ4v) is 4.10. The fourth-order valence-electron chi connectivity index (χ4n) is 4.10. The van der Waals surface area contributed by atoms with E-state index in [9.17, 15) is 18.3 Å². The molecule has 5 nitrogen and oxygen atoms in total. The minimum atomic E-state index is -4.71. The first-order chi connectivity index (χ1) is 14.8. The Morgan fingerprint density at radius 3 is 2.35 bits per heavy atom. The smallest absolute Gasteiger partial charge is 0.494 e. The average Bonchev–Trinajstić information content (AvgIpc) is 3.04. The van der Waals surface area contributed by atoms with Gasteiger partial charge in [0.15, 0.2) is 5.88 Å². The number of ether oxygens (including phenoxy) is 1. The zero-order valence-electron chi connectivity index (χ0n) is 17.4. The first kappa shape index (κ1) is 21.4. The number of piperazine rings is 1. The Morgan fingerprint density at radius 2 is 1.71 bits per heavy atom. The van der Waals surface area contributed by atoms with Gasteiger partial charge >= 0.3 is 6.36 Å². The van der Waals surface area contributed by atoms with E-state index in [1.807, 2.05) is 18.3 Å². The van der Waals surface area contributed by atoms with Crippen LogP contribution in [0.15, 0.2) is 48.7 Å². The van der Waals surface area contributed by atoms with Crippen LogP contribution in [0.4, 0.5) is 18.9 Å². The second-order valence-electron chi connectivity index (χ2n) is 7.87. The molecule has 0 atom stereocenters. The van der Waals surface area contributed by atoms with Gasteiger partial charge in [0.1, 0.15) is 5.75 Å². The molecule has 31 heavy (non-hydrogen) atoms. The highest BCUT2D eigenvalue weighted by molar-refractivity contribution is 5.90. The lowest BCUT2D eigenvalue weighted by molar-refractivity contribution is -0.274. The van der Waals surface area contributed by atoms with Gasteiger partial charge in [-0.05, 0) is 48.9 Å². The molecular weight excluding hydrogens is 407 g/mol.